The summed E-state index contributed by atoms with van der Waals surface area (Å²) in [5.74, 6) is -0.925. The number of aliphatic carboxylic acids is 1. The van der Waals surface area contributed by atoms with Crippen LogP contribution in [0.5, 0.6) is 0 Å². The van der Waals surface area contributed by atoms with Crippen molar-refractivity contribution in [1.29, 1.82) is 0 Å². The number of aliphatic hydroxyl groups excluding tert-OH is 2. The molecular formula is C29H60NO4+. The van der Waals surface area contributed by atoms with Gasteiger partial charge in [-0.3, -0.25) is 0 Å². The van der Waals surface area contributed by atoms with Crippen LogP contribution in [0.25, 0.3) is 0 Å². The molecule has 0 fully saturated rings. The molecule has 0 saturated carbocycles. The van der Waals surface area contributed by atoms with Crippen molar-refractivity contribution in [2.75, 3.05) is 20.6 Å². The van der Waals surface area contributed by atoms with Crippen LogP contribution < -0.4 is 0 Å². The van der Waals surface area contributed by atoms with Gasteiger partial charge in [0.25, 0.3) is 0 Å². The molecule has 0 aromatic rings. The van der Waals surface area contributed by atoms with Gasteiger partial charge in [0.2, 0.25) is 5.54 Å². The Morgan fingerprint density at radius 3 is 1.21 bits per heavy atom. The Bertz CT molecular complexity index is 481. The van der Waals surface area contributed by atoms with Crippen LogP contribution in [0.15, 0.2) is 0 Å². The highest BCUT2D eigenvalue weighted by atomic mass is 16.4. The first kappa shape index (κ1) is 33.4. The normalized spacial score (nSPS) is 15.7. The summed E-state index contributed by atoms with van der Waals surface area (Å²) in [7, 11) is 3.87. The summed E-state index contributed by atoms with van der Waals surface area (Å²) in [6.07, 6.45) is 21.4. The molecule has 0 saturated heterocycles. The molecule has 0 rings (SSSR count). The van der Waals surface area contributed by atoms with E-state index in [1.807, 2.05) is 14.1 Å². The van der Waals surface area contributed by atoms with Crippen LogP contribution in [0.2, 0.25) is 0 Å². The lowest BCUT2D eigenvalue weighted by Gasteiger charge is -2.47. The molecule has 34 heavy (non-hydrogen) atoms. The van der Waals surface area contributed by atoms with Gasteiger partial charge in [-0.15, -0.1) is 0 Å². The zero-order valence-electron chi connectivity index (χ0n) is 23.5. The molecule has 5 heteroatoms. The highest BCUT2D eigenvalue weighted by Gasteiger charge is 2.53. The zero-order valence-corrected chi connectivity index (χ0v) is 23.5. The van der Waals surface area contributed by atoms with Crippen LogP contribution >= 0.6 is 0 Å². The standard InChI is InChI=1S/C29H59NO4/c1-6-7-8-9-10-11-12-13-14-15-16-17-18-19-20-21-22-23-30(4,5)29(28(33)34,24-26(2)31)25-27(3)32/h26-27,31-32H,6-25H2,1-5H3/p+1. The van der Waals surface area contributed by atoms with Crippen LogP contribution in [0, 0.1) is 0 Å². The third kappa shape index (κ3) is 14.7. The number of carbonyl (C=O) groups is 1. The van der Waals surface area contributed by atoms with Crippen molar-refractivity contribution in [3.8, 4) is 0 Å². The molecule has 0 aliphatic carbocycles. The predicted octanol–water partition coefficient (Wildman–Crippen LogP) is 7.08. The Hall–Kier alpha value is -0.650. The van der Waals surface area contributed by atoms with Crippen molar-refractivity contribution in [3.05, 3.63) is 0 Å². The van der Waals surface area contributed by atoms with Gasteiger partial charge in [0.05, 0.1) is 32.8 Å². The van der Waals surface area contributed by atoms with Gasteiger partial charge in [-0.1, -0.05) is 103 Å². The lowest BCUT2D eigenvalue weighted by atomic mass is 9.83. The fourth-order valence-electron chi connectivity index (χ4n) is 5.43. The first-order chi connectivity index (χ1) is 16.1. The van der Waals surface area contributed by atoms with Gasteiger partial charge in [0.15, 0.2) is 0 Å². The number of unbranched alkanes of at least 4 members (excludes halogenated alkanes) is 16. The Morgan fingerprint density at radius 2 is 0.941 bits per heavy atom. The van der Waals surface area contributed by atoms with E-state index in [9.17, 15) is 20.1 Å². The SMILES string of the molecule is CCCCCCCCCCCCCCCCCCC[N+](C)(C)C(CC(C)O)(CC(C)O)C(=O)O. The van der Waals surface area contributed by atoms with Gasteiger partial charge in [0, 0.05) is 12.8 Å². The van der Waals surface area contributed by atoms with E-state index in [2.05, 4.69) is 6.92 Å². The van der Waals surface area contributed by atoms with Gasteiger partial charge in [-0.05, 0) is 26.7 Å². The van der Waals surface area contributed by atoms with Crippen LogP contribution in [-0.2, 0) is 4.79 Å². The second kappa shape index (κ2) is 19.5. The molecule has 0 aromatic carbocycles. The van der Waals surface area contributed by atoms with Crippen LogP contribution in [0.4, 0.5) is 0 Å². The molecule has 0 spiro atoms. The number of quaternary nitrogens is 1. The summed E-state index contributed by atoms with van der Waals surface area (Å²) in [5, 5.41) is 30.0. The van der Waals surface area contributed by atoms with Crippen molar-refractivity contribution < 1.29 is 24.6 Å². The summed E-state index contributed by atoms with van der Waals surface area (Å²) < 4.78 is 0.289. The zero-order chi connectivity index (χ0) is 25.9. The monoisotopic (exact) mass is 486 g/mol. The third-order valence-corrected chi connectivity index (χ3v) is 7.64. The summed E-state index contributed by atoms with van der Waals surface area (Å²) in [5.41, 5.74) is -1.17. The Balaban J connectivity index is 3.96. The van der Waals surface area contributed by atoms with E-state index in [1.54, 1.807) is 13.8 Å². The van der Waals surface area contributed by atoms with Crippen LogP contribution in [-0.4, -0.2) is 64.2 Å². The second-order valence-corrected chi connectivity index (χ2v) is 11.5. The van der Waals surface area contributed by atoms with Crippen LogP contribution in [0.3, 0.4) is 0 Å². The molecule has 0 amide bonds. The molecule has 0 bridgehead atoms. The van der Waals surface area contributed by atoms with Gasteiger partial charge >= 0.3 is 5.97 Å². The maximum atomic E-state index is 12.3. The average molecular weight is 487 g/mol. The van der Waals surface area contributed by atoms with Gasteiger partial charge in [0.1, 0.15) is 0 Å². The maximum Gasteiger partial charge on any atom is 0.365 e. The highest BCUT2D eigenvalue weighted by molar-refractivity contribution is 5.77. The fourth-order valence-corrected chi connectivity index (χ4v) is 5.43. The molecule has 2 atom stereocenters. The number of rotatable bonds is 24. The molecule has 0 heterocycles. The molecule has 3 N–H and O–H groups in total. The number of carboxylic acid groups (broad SMARTS) is 1. The number of nitrogens with zero attached hydrogens (tertiary/aromatic N) is 1. The van der Waals surface area contributed by atoms with Crippen molar-refractivity contribution >= 4 is 5.97 Å². The van der Waals surface area contributed by atoms with Crippen molar-refractivity contribution in [2.45, 2.75) is 161 Å². The average Bonchev–Trinajstić information content (AvgIpc) is 2.74. The number of aliphatic hydroxyl groups is 2. The number of likely N-dealkylation sites (N-methyl/N-ethyl adjacent to an activating group) is 1. The van der Waals surface area contributed by atoms with E-state index >= 15 is 0 Å². The largest absolute Gasteiger partial charge is 0.477 e. The van der Waals surface area contributed by atoms with Gasteiger partial charge < -0.3 is 19.8 Å². The van der Waals surface area contributed by atoms with Crippen LogP contribution in [0.1, 0.15) is 143 Å². The summed E-state index contributed by atoms with van der Waals surface area (Å²) >= 11 is 0. The van der Waals surface area contributed by atoms with Crippen molar-refractivity contribution in [3.63, 3.8) is 0 Å². The summed E-state index contributed by atoms with van der Waals surface area (Å²) in [6.45, 7) is 6.28. The third-order valence-electron chi connectivity index (χ3n) is 7.64. The minimum atomic E-state index is -1.17. The molecule has 0 aliphatic heterocycles. The minimum Gasteiger partial charge on any atom is -0.477 e. The van der Waals surface area contributed by atoms with E-state index in [0.717, 1.165) is 19.4 Å². The fraction of sp³-hybridized carbons (Fsp3) is 0.966. The topological polar surface area (TPSA) is 77.8 Å². The Morgan fingerprint density at radius 1 is 0.647 bits per heavy atom. The minimum absolute atomic E-state index is 0.152. The van der Waals surface area contributed by atoms with E-state index in [0.29, 0.717) is 0 Å². The quantitative estimate of drug-likeness (QED) is 0.101. The molecule has 5 nitrogen and oxygen atoms in total. The first-order valence-electron chi connectivity index (χ1n) is 14.5. The Labute approximate surface area is 211 Å². The maximum absolute atomic E-state index is 12.3. The van der Waals surface area contributed by atoms with Gasteiger partial charge in [-0.25, -0.2) is 4.79 Å². The Kier molecular flexibility index (Phi) is 19.2. The molecule has 204 valence electrons. The molecule has 0 radical (unpaired) electrons. The van der Waals surface area contributed by atoms with Crippen molar-refractivity contribution in [1.82, 2.24) is 0 Å². The molecule has 0 aliphatic rings. The van der Waals surface area contributed by atoms with E-state index in [4.69, 9.17) is 0 Å². The smallest absolute Gasteiger partial charge is 0.365 e. The van der Waals surface area contributed by atoms with E-state index in [-0.39, 0.29) is 17.3 Å². The van der Waals surface area contributed by atoms with E-state index < -0.39 is 23.7 Å². The lowest BCUT2D eigenvalue weighted by molar-refractivity contribution is -0.934. The molecular weight excluding hydrogens is 426 g/mol. The van der Waals surface area contributed by atoms with Gasteiger partial charge in [-0.2, -0.15) is 0 Å². The molecule has 0 aromatic heterocycles. The van der Waals surface area contributed by atoms with Crippen molar-refractivity contribution in [2.24, 2.45) is 0 Å². The highest BCUT2D eigenvalue weighted by Crippen LogP contribution is 2.33. The summed E-state index contributed by atoms with van der Waals surface area (Å²) in [4.78, 5) is 12.3. The number of carboxylic acids is 1. The lowest BCUT2D eigenvalue weighted by Crippen LogP contribution is -2.66. The first-order valence-corrected chi connectivity index (χ1v) is 14.5. The van der Waals surface area contributed by atoms with E-state index in [1.165, 1.54) is 96.3 Å². The summed E-state index contributed by atoms with van der Waals surface area (Å²) in [6, 6.07) is 0. The number of hydrogen-bond acceptors (Lipinski definition) is 3. The molecule has 2 unspecified atom stereocenters. The predicted molar refractivity (Wildman–Crippen MR) is 144 cm³/mol. The number of hydrogen-bond donors (Lipinski definition) is 3. The second-order valence-electron chi connectivity index (χ2n) is 11.5.